The Kier molecular flexibility index (Phi) is 8.74. The number of piperidine rings is 1. The van der Waals surface area contributed by atoms with Crippen LogP contribution in [0.25, 0.3) is 0 Å². The number of imidazole rings is 1. The van der Waals surface area contributed by atoms with Gasteiger partial charge in [-0.2, -0.15) is 0 Å². The molecule has 7 heteroatoms. The van der Waals surface area contributed by atoms with Gasteiger partial charge < -0.3 is 19.7 Å². The Morgan fingerprint density at radius 1 is 1.16 bits per heavy atom. The van der Waals surface area contributed by atoms with E-state index in [1.165, 1.54) is 0 Å². The number of rotatable bonds is 9. The number of hydrogen-bond acceptors (Lipinski definition) is 4. The quantitative estimate of drug-likeness (QED) is 0.634. The average Bonchev–Trinajstić information content (AvgIpc) is 3.20. The summed E-state index contributed by atoms with van der Waals surface area (Å²) in [5.41, 5.74) is 0. The van der Waals surface area contributed by atoms with E-state index >= 15 is 0 Å². The van der Waals surface area contributed by atoms with Crippen molar-refractivity contribution in [2.45, 2.75) is 85.4 Å². The lowest BCUT2D eigenvalue weighted by Gasteiger charge is -2.42. The smallest absolute Gasteiger partial charge is 0.245 e. The lowest BCUT2D eigenvalue weighted by molar-refractivity contribution is -0.150. The third kappa shape index (κ3) is 6.12. The number of hydrogen-bond donors (Lipinski definition) is 1. The summed E-state index contributed by atoms with van der Waals surface area (Å²) >= 11 is 0. The molecule has 1 N–H and O–H groups in total. The van der Waals surface area contributed by atoms with E-state index in [2.05, 4.69) is 49.5 Å². The second-order valence-electron chi connectivity index (χ2n) is 10.4. The highest BCUT2D eigenvalue weighted by Crippen LogP contribution is 2.25. The molecule has 3 rings (SSSR count). The van der Waals surface area contributed by atoms with Crippen LogP contribution in [0.1, 0.15) is 66.1 Å². The topological polar surface area (TPSA) is 70.5 Å². The van der Waals surface area contributed by atoms with E-state index in [0.29, 0.717) is 24.3 Å². The van der Waals surface area contributed by atoms with Crippen LogP contribution in [0.5, 0.6) is 0 Å². The van der Waals surface area contributed by atoms with Gasteiger partial charge in [-0.15, -0.1) is 0 Å². The van der Waals surface area contributed by atoms with E-state index in [1.807, 2.05) is 22.2 Å². The van der Waals surface area contributed by atoms with Crippen LogP contribution in [0, 0.1) is 17.8 Å². The molecule has 3 heterocycles. The van der Waals surface area contributed by atoms with Gasteiger partial charge in [0.15, 0.2) is 0 Å². The number of aryl methyl sites for hydroxylation is 1. The van der Waals surface area contributed by atoms with Gasteiger partial charge in [-0.1, -0.05) is 27.7 Å². The molecule has 0 aliphatic carbocycles. The zero-order valence-electron chi connectivity index (χ0n) is 20.7. The Labute approximate surface area is 193 Å². The molecule has 2 fully saturated rings. The van der Waals surface area contributed by atoms with Crippen molar-refractivity contribution in [1.82, 2.24) is 24.7 Å². The minimum Gasteiger partial charge on any atom is -0.341 e. The largest absolute Gasteiger partial charge is 0.341 e. The summed E-state index contributed by atoms with van der Waals surface area (Å²) in [6, 6.07) is -0.506. The van der Waals surface area contributed by atoms with Crippen LogP contribution in [0.4, 0.5) is 0 Å². The number of piperazine rings is 1. The van der Waals surface area contributed by atoms with Crippen molar-refractivity contribution in [2.24, 2.45) is 17.8 Å². The molecule has 2 aliphatic heterocycles. The SMILES string of the molecule is CCn1ccnc1CC1CCN(C(=O)C(CC(C)C)N2CCN[C@@H](CC(C)C)C2=O)CC1. The molecule has 180 valence electrons. The fourth-order valence-electron chi connectivity index (χ4n) is 5.17. The Balaban J connectivity index is 1.63. The van der Waals surface area contributed by atoms with Crippen LogP contribution < -0.4 is 5.32 Å². The third-order valence-corrected chi connectivity index (χ3v) is 6.93. The van der Waals surface area contributed by atoms with Gasteiger partial charge in [0.05, 0.1) is 6.04 Å². The number of nitrogens with zero attached hydrogens (tertiary/aromatic N) is 4. The second-order valence-corrected chi connectivity index (χ2v) is 10.4. The fraction of sp³-hybridized carbons (Fsp3) is 0.800. The normalized spacial score (nSPS) is 21.6. The highest BCUT2D eigenvalue weighted by atomic mass is 16.2. The van der Waals surface area contributed by atoms with E-state index in [9.17, 15) is 9.59 Å². The van der Waals surface area contributed by atoms with Crippen molar-refractivity contribution in [1.29, 1.82) is 0 Å². The molecule has 0 bridgehead atoms. The summed E-state index contributed by atoms with van der Waals surface area (Å²) in [6.07, 6.45) is 8.45. The standard InChI is InChI=1S/C25H43N5O2/c1-6-28-13-9-27-23(28)17-20-7-11-29(12-8-20)25(32)22(16-19(4)5)30-14-10-26-21(24(30)31)15-18(2)3/h9,13,18-22,26H,6-8,10-12,14-17H2,1-5H3/t21-,22?/m0/s1. The number of carbonyl (C=O) groups is 2. The highest BCUT2D eigenvalue weighted by Gasteiger charge is 2.39. The first-order chi connectivity index (χ1) is 15.3. The van der Waals surface area contributed by atoms with Crippen LogP contribution in [-0.2, 0) is 22.6 Å². The van der Waals surface area contributed by atoms with E-state index in [0.717, 1.165) is 64.1 Å². The summed E-state index contributed by atoms with van der Waals surface area (Å²) in [6.45, 7) is 14.6. The maximum atomic E-state index is 13.6. The molecule has 1 unspecified atom stereocenters. The van der Waals surface area contributed by atoms with Crippen molar-refractivity contribution in [3.8, 4) is 0 Å². The molecule has 0 aromatic carbocycles. The first-order valence-electron chi connectivity index (χ1n) is 12.6. The van der Waals surface area contributed by atoms with E-state index in [4.69, 9.17) is 0 Å². The molecule has 2 amide bonds. The van der Waals surface area contributed by atoms with Gasteiger partial charge in [-0.05, 0) is 50.4 Å². The molecule has 0 radical (unpaired) electrons. The van der Waals surface area contributed by atoms with Crippen LogP contribution in [0.2, 0.25) is 0 Å². The Morgan fingerprint density at radius 2 is 1.88 bits per heavy atom. The third-order valence-electron chi connectivity index (χ3n) is 6.93. The van der Waals surface area contributed by atoms with Crippen molar-refractivity contribution in [3.05, 3.63) is 18.2 Å². The number of likely N-dealkylation sites (tertiary alicyclic amines) is 1. The summed E-state index contributed by atoms with van der Waals surface area (Å²) in [5, 5.41) is 3.37. The molecular weight excluding hydrogens is 402 g/mol. The first-order valence-corrected chi connectivity index (χ1v) is 12.6. The number of amides is 2. The van der Waals surface area contributed by atoms with Gasteiger partial charge in [0.2, 0.25) is 11.8 Å². The number of nitrogens with one attached hydrogen (secondary N) is 1. The molecule has 0 saturated carbocycles. The number of carbonyl (C=O) groups excluding carboxylic acids is 2. The zero-order chi connectivity index (χ0) is 23.3. The molecule has 2 aliphatic rings. The van der Waals surface area contributed by atoms with Gasteiger partial charge in [0, 0.05) is 51.5 Å². The van der Waals surface area contributed by atoms with Gasteiger partial charge in [0.25, 0.3) is 0 Å². The lowest BCUT2D eigenvalue weighted by atomic mass is 9.91. The van der Waals surface area contributed by atoms with Gasteiger partial charge in [-0.3, -0.25) is 9.59 Å². The molecule has 1 aromatic rings. The van der Waals surface area contributed by atoms with E-state index in [-0.39, 0.29) is 23.9 Å². The monoisotopic (exact) mass is 445 g/mol. The summed E-state index contributed by atoms with van der Waals surface area (Å²) in [5.74, 6) is 2.76. The fourth-order valence-corrected chi connectivity index (χ4v) is 5.17. The lowest BCUT2D eigenvalue weighted by Crippen LogP contribution is -2.62. The molecule has 2 atom stereocenters. The number of aromatic nitrogens is 2. The maximum Gasteiger partial charge on any atom is 0.245 e. The summed E-state index contributed by atoms with van der Waals surface area (Å²) < 4.78 is 2.21. The van der Waals surface area contributed by atoms with Crippen molar-refractivity contribution in [3.63, 3.8) is 0 Å². The van der Waals surface area contributed by atoms with Gasteiger partial charge >= 0.3 is 0 Å². The molecule has 2 saturated heterocycles. The van der Waals surface area contributed by atoms with Gasteiger partial charge in [-0.25, -0.2) is 4.98 Å². The second kappa shape index (κ2) is 11.3. The Bertz CT molecular complexity index is 751. The molecule has 1 aromatic heterocycles. The van der Waals surface area contributed by atoms with Crippen LogP contribution in [-0.4, -0.2) is 69.4 Å². The van der Waals surface area contributed by atoms with E-state index < -0.39 is 0 Å². The molecular formula is C25H43N5O2. The Hall–Kier alpha value is -1.89. The van der Waals surface area contributed by atoms with Crippen molar-refractivity contribution < 1.29 is 9.59 Å². The van der Waals surface area contributed by atoms with Crippen LogP contribution >= 0.6 is 0 Å². The average molecular weight is 446 g/mol. The van der Waals surface area contributed by atoms with Crippen molar-refractivity contribution in [2.75, 3.05) is 26.2 Å². The first kappa shape index (κ1) is 24.7. The predicted octanol–water partition coefficient (Wildman–Crippen LogP) is 2.95. The Morgan fingerprint density at radius 3 is 2.50 bits per heavy atom. The summed E-state index contributed by atoms with van der Waals surface area (Å²) in [4.78, 5) is 35.3. The molecule has 32 heavy (non-hydrogen) atoms. The summed E-state index contributed by atoms with van der Waals surface area (Å²) in [7, 11) is 0. The van der Waals surface area contributed by atoms with Gasteiger partial charge in [0.1, 0.15) is 11.9 Å². The van der Waals surface area contributed by atoms with Crippen LogP contribution in [0.15, 0.2) is 12.4 Å². The van der Waals surface area contributed by atoms with Crippen molar-refractivity contribution >= 4 is 11.8 Å². The predicted molar refractivity (Wildman–Crippen MR) is 127 cm³/mol. The molecule has 7 nitrogen and oxygen atoms in total. The highest BCUT2D eigenvalue weighted by molar-refractivity contribution is 5.90. The molecule has 0 spiro atoms. The minimum atomic E-state index is -0.338. The minimum absolute atomic E-state index is 0.102. The maximum absolute atomic E-state index is 13.6. The zero-order valence-corrected chi connectivity index (χ0v) is 20.7. The van der Waals surface area contributed by atoms with Crippen LogP contribution in [0.3, 0.4) is 0 Å². The van der Waals surface area contributed by atoms with E-state index in [1.54, 1.807) is 0 Å².